The number of ether oxygens (including phenoxy) is 2. The lowest BCUT2D eigenvalue weighted by Gasteiger charge is -2.49. The van der Waals surface area contributed by atoms with Crippen LogP contribution in [0.15, 0.2) is 36.4 Å². The van der Waals surface area contributed by atoms with Crippen molar-refractivity contribution in [2.24, 2.45) is 17.6 Å². The van der Waals surface area contributed by atoms with Gasteiger partial charge in [0, 0.05) is 22.9 Å². The highest BCUT2D eigenvalue weighted by Gasteiger charge is 2.45. The molecule has 2 fully saturated rings. The van der Waals surface area contributed by atoms with Gasteiger partial charge in [-0.2, -0.15) is 0 Å². The van der Waals surface area contributed by atoms with Crippen molar-refractivity contribution in [1.29, 1.82) is 0 Å². The van der Waals surface area contributed by atoms with Gasteiger partial charge in [0.15, 0.2) is 5.78 Å². The number of carbonyl (C=O) groups is 1. The molecular formula is C40H66N2O5. The molecule has 2 aromatic carbocycles. The van der Waals surface area contributed by atoms with Gasteiger partial charge in [0.2, 0.25) is 6.29 Å². The lowest BCUT2D eigenvalue weighted by Crippen LogP contribution is -2.54. The first kappa shape index (κ1) is 40.7. The van der Waals surface area contributed by atoms with Crippen LogP contribution < -0.4 is 20.5 Å². The van der Waals surface area contributed by atoms with E-state index in [-0.39, 0.29) is 25.7 Å². The largest absolute Gasteiger partial charge is 0.497 e. The number of Topliss-reactive ketones (excluding diaryl/α,β-unsaturated/α-hetero) is 1. The lowest BCUT2D eigenvalue weighted by molar-refractivity contribution is -0.142. The van der Waals surface area contributed by atoms with Gasteiger partial charge in [-0.25, -0.2) is 0 Å². The Bertz CT molecular complexity index is 1280. The number of aliphatic hydroxyl groups is 2. The molecule has 6 atom stereocenters. The molecule has 266 valence electrons. The van der Waals surface area contributed by atoms with Gasteiger partial charge in [-0.05, 0) is 111 Å². The summed E-state index contributed by atoms with van der Waals surface area (Å²) < 4.78 is 10.9. The van der Waals surface area contributed by atoms with Crippen LogP contribution >= 0.6 is 0 Å². The van der Waals surface area contributed by atoms with E-state index in [1.165, 1.54) is 87.3 Å². The first-order chi connectivity index (χ1) is 21.5. The van der Waals surface area contributed by atoms with Crippen molar-refractivity contribution in [2.45, 2.75) is 142 Å². The molecule has 5 N–H and O–H groups in total. The summed E-state index contributed by atoms with van der Waals surface area (Å²) in [6.07, 6.45) is 13.9. The summed E-state index contributed by atoms with van der Waals surface area (Å²) in [5.41, 5.74) is 13.0. The normalized spacial score (nSPS) is 29.0. The van der Waals surface area contributed by atoms with Gasteiger partial charge in [0.05, 0.1) is 14.2 Å². The van der Waals surface area contributed by atoms with Crippen LogP contribution in [0.2, 0.25) is 0 Å². The zero-order valence-corrected chi connectivity index (χ0v) is 28.5. The molecule has 2 aromatic rings. The minimum atomic E-state index is -1.79. The summed E-state index contributed by atoms with van der Waals surface area (Å²) in [6, 6.07) is 14.2. The third-order valence-corrected chi connectivity index (χ3v) is 11.4. The average molecular weight is 655 g/mol. The fourth-order valence-corrected chi connectivity index (χ4v) is 8.83. The van der Waals surface area contributed by atoms with Crippen molar-refractivity contribution in [1.82, 2.24) is 5.32 Å². The molecule has 0 aliphatic heterocycles. The van der Waals surface area contributed by atoms with Gasteiger partial charge in [-0.3, -0.25) is 4.79 Å². The Morgan fingerprint density at radius 1 is 0.809 bits per heavy atom. The predicted octanol–water partition coefficient (Wildman–Crippen LogP) is 7.25. The van der Waals surface area contributed by atoms with E-state index >= 15 is 0 Å². The molecular weight excluding hydrogens is 588 g/mol. The molecule has 0 spiro atoms. The van der Waals surface area contributed by atoms with Crippen LogP contribution in [0.5, 0.6) is 11.5 Å². The van der Waals surface area contributed by atoms with Crippen LogP contribution in [0, 0.1) is 11.8 Å². The quantitative estimate of drug-likeness (QED) is 0.257. The van der Waals surface area contributed by atoms with E-state index in [4.69, 9.17) is 25.4 Å². The van der Waals surface area contributed by atoms with E-state index in [1.807, 2.05) is 0 Å². The Labute approximate surface area is 286 Å². The molecule has 0 amide bonds. The van der Waals surface area contributed by atoms with Crippen molar-refractivity contribution in [3.05, 3.63) is 58.7 Å². The first-order valence-corrected chi connectivity index (χ1v) is 17.1. The fourth-order valence-electron chi connectivity index (χ4n) is 8.83. The molecule has 0 aromatic heterocycles. The highest BCUT2D eigenvalue weighted by Crippen LogP contribution is 2.48. The van der Waals surface area contributed by atoms with Crippen LogP contribution in [0.25, 0.3) is 0 Å². The number of aliphatic hydroxyl groups excluding tert-OH is 1. The summed E-state index contributed by atoms with van der Waals surface area (Å²) in [5, 5.41) is 19.3. The number of nitrogens with two attached hydrogens (primary N) is 1. The molecule has 0 radical (unpaired) electrons. The number of methoxy groups -OCH3 is 2. The highest BCUT2D eigenvalue weighted by molar-refractivity contribution is 5.78. The maximum Gasteiger partial charge on any atom is 0.212 e. The topological polar surface area (TPSA) is 114 Å². The highest BCUT2D eigenvalue weighted by atomic mass is 16.5. The number of likely N-dealkylation sites (N-methyl/N-ethyl adjacent to an activating group) is 1. The van der Waals surface area contributed by atoms with Gasteiger partial charge < -0.3 is 30.7 Å². The summed E-state index contributed by atoms with van der Waals surface area (Å²) in [5.74, 6) is 2.78. The molecule has 0 heterocycles. The van der Waals surface area contributed by atoms with E-state index in [0.717, 1.165) is 30.8 Å². The lowest BCUT2D eigenvalue weighted by atomic mass is 9.59. The fraction of sp³-hybridized carbons (Fsp3) is 0.675. The zero-order chi connectivity index (χ0) is 32.8. The van der Waals surface area contributed by atoms with Crippen molar-refractivity contribution in [3.63, 3.8) is 0 Å². The molecule has 2 saturated carbocycles. The standard InChI is InChI=1S/C18H27NO.C17H25NO.C3H6O3.2CH4/c1-18-10-6-4-5-7-14(17(18)19-2)11-13-8-9-15(20-3)12-16(13)18;1-17-9-5-3-4-6-13(16(17)18)10-12-7-8-14(19-2)11-15(12)17;1-2(4)3(5)6;;/h8-9,12,14,17,19H,4-7,10-11H2,1-3H3;7-8,11,13,16H,3-6,9-10,18H2,1-2H3;3,5-6H,1H3;2*1H4/t14-,17-,18+;13-,16-,17+;;;/m00.../s1. The average Bonchev–Trinajstić information content (AvgIpc) is 3.02. The number of rotatable bonds is 4. The number of carbonyl (C=O) groups excluding carboxylic acids is 1. The summed E-state index contributed by atoms with van der Waals surface area (Å²) in [6.45, 7) is 5.93. The van der Waals surface area contributed by atoms with E-state index in [9.17, 15) is 4.79 Å². The maximum atomic E-state index is 9.64. The van der Waals surface area contributed by atoms with Gasteiger partial charge in [-0.15, -0.1) is 0 Å². The Balaban J connectivity index is 0.000000270. The van der Waals surface area contributed by atoms with Gasteiger partial charge in [0.25, 0.3) is 0 Å². The van der Waals surface area contributed by atoms with Crippen molar-refractivity contribution in [2.75, 3.05) is 21.3 Å². The van der Waals surface area contributed by atoms with Crippen molar-refractivity contribution < 1.29 is 24.5 Å². The number of ketones is 1. The summed E-state index contributed by atoms with van der Waals surface area (Å²) in [7, 11) is 5.65. The molecule has 4 aliphatic rings. The van der Waals surface area contributed by atoms with Crippen molar-refractivity contribution in [3.8, 4) is 11.5 Å². The van der Waals surface area contributed by atoms with Crippen LogP contribution in [0.3, 0.4) is 0 Å². The second kappa shape index (κ2) is 17.8. The maximum absolute atomic E-state index is 9.64. The number of fused-ring (bicyclic) bond motifs is 8. The third kappa shape index (κ3) is 8.97. The van der Waals surface area contributed by atoms with E-state index in [1.54, 1.807) is 19.8 Å². The van der Waals surface area contributed by atoms with E-state index in [0.29, 0.717) is 18.0 Å². The zero-order valence-electron chi connectivity index (χ0n) is 28.5. The Hall–Kier alpha value is -2.45. The summed E-state index contributed by atoms with van der Waals surface area (Å²) in [4.78, 5) is 9.64. The van der Waals surface area contributed by atoms with Crippen LogP contribution in [0.4, 0.5) is 0 Å². The Morgan fingerprint density at radius 3 is 1.72 bits per heavy atom. The van der Waals surface area contributed by atoms with Gasteiger partial charge >= 0.3 is 0 Å². The molecule has 0 unspecified atom stereocenters. The number of benzene rings is 2. The number of hydrogen-bond acceptors (Lipinski definition) is 7. The SMILES string of the molecule is C.C.CC(=O)C(O)O.CN[C@H]1[C@H]2CCCCC[C@]1(C)c1cc(OC)ccc1C2.COc1ccc2c(c1)[C@@]1(C)CCCCC[C@@H](C2)[C@@H]1N. The summed E-state index contributed by atoms with van der Waals surface area (Å²) >= 11 is 0. The van der Waals surface area contributed by atoms with Crippen LogP contribution in [-0.4, -0.2) is 55.6 Å². The number of hydrogen-bond donors (Lipinski definition) is 4. The van der Waals surface area contributed by atoms with Crippen molar-refractivity contribution >= 4 is 5.78 Å². The molecule has 7 heteroatoms. The molecule has 4 aliphatic carbocycles. The smallest absolute Gasteiger partial charge is 0.212 e. The minimum absolute atomic E-state index is 0. The monoisotopic (exact) mass is 654 g/mol. The molecule has 47 heavy (non-hydrogen) atoms. The van der Waals surface area contributed by atoms with Crippen LogP contribution in [0.1, 0.15) is 122 Å². The van der Waals surface area contributed by atoms with E-state index in [2.05, 4.69) is 62.6 Å². The Morgan fingerprint density at radius 2 is 1.26 bits per heavy atom. The first-order valence-electron chi connectivity index (χ1n) is 17.1. The molecule has 0 saturated heterocycles. The second-order valence-electron chi connectivity index (χ2n) is 14.3. The third-order valence-electron chi connectivity index (χ3n) is 11.4. The predicted molar refractivity (Wildman–Crippen MR) is 194 cm³/mol. The van der Waals surface area contributed by atoms with Gasteiger partial charge in [-0.1, -0.05) is 79.4 Å². The molecule has 6 rings (SSSR count). The second-order valence-corrected chi connectivity index (χ2v) is 14.3. The molecule has 4 bridgehead atoms. The number of nitrogens with one attached hydrogen (secondary N) is 1. The van der Waals surface area contributed by atoms with Gasteiger partial charge in [0.1, 0.15) is 11.5 Å². The van der Waals surface area contributed by atoms with Crippen LogP contribution in [-0.2, 0) is 28.5 Å². The van der Waals surface area contributed by atoms with E-state index < -0.39 is 12.1 Å². The molecule has 7 nitrogen and oxygen atoms in total. The Kier molecular flexibility index (Phi) is 15.4. The minimum Gasteiger partial charge on any atom is -0.497 e.